The van der Waals surface area contributed by atoms with Gasteiger partial charge in [-0.2, -0.15) is 26.3 Å². The van der Waals surface area contributed by atoms with Gasteiger partial charge in [0.25, 0.3) is 0 Å². The molecule has 1 radical (unpaired) electrons. The Bertz CT molecular complexity index is 132. The molecule has 0 aromatic carbocycles. The van der Waals surface area contributed by atoms with Crippen LogP contribution in [0, 0.1) is 6.43 Å². The third-order valence-electron chi connectivity index (χ3n) is 1.16. The average molecular weight is 197 g/mol. The largest absolute Gasteiger partial charge is 0.384 e. The maximum Gasteiger partial charge on any atom is 0.384 e. The van der Waals surface area contributed by atoms with Crippen LogP contribution in [0.1, 0.15) is 6.92 Å². The topological polar surface area (TPSA) is 0 Å². The number of hydrogen-bond acceptors (Lipinski definition) is 0. The maximum absolute atomic E-state index is 11.9. The van der Waals surface area contributed by atoms with E-state index >= 15 is 0 Å². The van der Waals surface area contributed by atoms with E-state index in [1.54, 1.807) is 0 Å². The Morgan fingerprint density at radius 1 is 1.08 bits per heavy atom. The third-order valence-corrected chi connectivity index (χ3v) is 1.16. The van der Waals surface area contributed by atoms with Gasteiger partial charge in [-0.05, 0) is 6.92 Å². The summed E-state index contributed by atoms with van der Waals surface area (Å²) in [6, 6.07) is 0. The molecule has 0 saturated heterocycles. The summed E-state index contributed by atoms with van der Waals surface area (Å²) < 4.78 is 81.6. The zero-order chi connectivity index (χ0) is 10.2. The van der Waals surface area contributed by atoms with Crippen molar-refractivity contribution in [2.45, 2.75) is 24.9 Å². The van der Waals surface area contributed by atoms with Crippen molar-refractivity contribution in [1.82, 2.24) is 0 Å². The first-order valence-electron chi connectivity index (χ1n) is 2.72. The van der Waals surface area contributed by atoms with Crippen molar-refractivity contribution in [2.75, 3.05) is 0 Å². The van der Waals surface area contributed by atoms with Crippen molar-refractivity contribution in [3.05, 3.63) is 6.43 Å². The van der Waals surface area contributed by atoms with Gasteiger partial charge in [-0.15, -0.1) is 0 Å². The smallest absolute Gasteiger partial charge is 0.241 e. The normalized spacial score (nSPS) is 16.8. The van der Waals surface area contributed by atoms with Crippen LogP contribution in [-0.2, 0) is 0 Å². The fourth-order valence-corrected chi connectivity index (χ4v) is 0.376. The molecule has 0 amide bonds. The van der Waals surface area contributed by atoms with Crippen molar-refractivity contribution in [1.29, 1.82) is 0 Å². The number of alkyl halides is 5. The van der Waals surface area contributed by atoms with E-state index in [0.29, 0.717) is 0 Å². The van der Waals surface area contributed by atoms with Crippen LogP contribution in [0.25, 0.3) is 0 Å². The highest BCUT2D eigenvalue weighted by atomic mass is 19.3. The number of halogens is 7. The molecule has 0 aromatic rings. The summed E-state index contributed by atoms with van der Waals surface area (Å²) in [5.41, 5.74) is 0. The lowest BCUT2D eigenvalue weighted by molar-refractivity contribution is -0.251. The summed E-state index contributed by atoms with van der Waals surface area (Å²) in [6.07, 6.45) is -7.13. The van der Waals surface area contributed by atoms with Crippen molar-refractivity contribution in [3.63, 3.8) is 0 Å². The summed E-state index contributed by atoms with van der Waals surface area (Å²) in [5, 5.41) is 0. The van der Waals surface area contributed by atoms with Crippen LogP contribution >= 0.6 is 0 Å². The minimum Gasteiger partial charge on any atom is -0.241 e. The van der Waals surface area contributed by atoms with Gasteiger partial charge in [0, 0.05) is 0 Å². The van der Waals surface area contributed by atoms with Gasteiger partial charge in [-0.3, -0.25) is 0 Å². The summed E-state index contributed by atoms with van der Waals surface area (Å²) in [6.45, 7) is 0.0802. The van der Waals surface area contributed by atoms with E-state index in [0.717, 1.165) is 0 Å². The van der Waals surface area contributed by atoms with E-state index in [9.17, 15) is 30.7 Å². The lowest BCUT2D eigenvalue weighted by Gasteiger charge is -2.25. The van der Waals surface area contributed by atoms with Gasteiger partial charge in [0.1, 0.15) is 0 Å². The summed E-state index contributed by atoms with van der Waals surface area (Å²) in [5.74, 6) is -11.1. The molecular formula is C5H4F7. The first kappa shape index (κ1) is 11.5. The van der Waals surface area contributed by atoms with Crippen LogP contribution < -0.4 is 0 Å². The van der Waals surface area contributed by atoms with Crippen molar-refractivity contribution < 1.29 is 30.7 Å². The van der Waals surface area contributed by atoms with E-state index in [4.69, 9.17) is 0 Å². The van der Waals surface area contributed by atoms with Gasteiger partial charge >= 0.3 is 18.3 Å². The molecule has 0 aliphatic rings. The molecule has 1 atom stereocenters. The molecule has 0 fully saturated rings. The van der Waals surface area contributed by atoms with Crippen LogP contribution in [0.4, 0.5) is 30.7 Å². The third kappa shape index (κ3) is 1.64. The van der Waals surface area contributed by atoms with Crippen LogP contribution in [-0.4, -0.2) is 18.0 Å². The zero-order valence-corrected chi connectivity index (χ0v) is 5.72. The molecule has 0 N–H and O–H groups in total. The summed E-state index contributed by atoms with van der Waals surface area (Å²) >= 11 is 0. The van der Waals surface area contributed by atoms with Gasteiger partial charge in [-0.25, -0.2) is 4.39 Å². The Hall–Kier alpha value is -0.490. The van der Waals surface area contributed by atoms with Gasteiger partial charge in [0.15, 0.2) is 6.17 Å². The zero-order valence-electron chi connectivity index (χ0n) is 5.72. The van der Waals surface area contributed by atoms with E-state index in [-0.39, 0.29) is 6.92 Å². The lowest BCUT2D eigenvalue weighted by Crippen LogP contribution is -2.48. The second-order valence-electron chi connectivity index (χ2n) is 2.07. The molecule has 7 heteroatoms. The van der Waals surface area contributed by atoms with Crippen LogP contribution in [0.3, 0.4) is 0 Å². The van der Waals surface area contributed by atoms with E-state index in [1.165, 1.54) is 0 Å². The van der Waals surface area contributed by atoms with Crippen molar-refractivity contribution in [3.8, 4) is 0 Å². The van der Waals surface area contributed by atoms with Crippen LogP contribution in [0.2, 0.25) is 0 Å². The summed E-state index contributed by atoms with van der Waals surface area (Å²) in [4.78, 5) is 0. The van der Waals surface area contributed by atoms with Crippen LogP contribution in [0.5, 0.6) is 0 Å². The standard InChI is InChI=1S/C5H4F7/c1-2(6)4(9,10)5(11,12)3(7)8/h2H,1H3. The molecule has 0 nitrogen and oxygen atoms in total. The second-order valence-corrected chi connectivity index (χ2v) is 2.07. The van der Waals surface area contributed by atoms with Gasteiger partial charge in [-0.1, -0.05) is 0 Å². The minimum atomic E-state index is -5.71. The van der Waals surface area contributed by atoms with E-state index < -0.39 is 24.4 Å². The Kier molecular flexibility index (Phi) is 2.97. The Morgan fingerprint density at radius 2 is 1.42 bits per heavy atom. The molecule has 12 heavy (non-hydrogen) atoms. The van der Waals surface area contributed by atoms with E-state index in [2.05, 4.69) is 0 Å². The highest BCUT2D eigenvalue weighted by molar-refractivity contribution is 4.98. The van der Waals surface area contributed by atoms with Crippen molar-refractivity contribution in [2.24, 2.45) is 0 Å². The SMILES string of the molecule is CC(F)C(F)(F)C(F)(F)[C](F)F. The molecule has 0 bridgehead atoms. The van der Waals surface area contributed by atoms with E-state index in [1.807, 2.05) is 0 Å². The fraction of sp³-hybridized carbons (Fsp3) is 0.800. The molecule has 0 aliphatic heterocycles. The van der Waals surface area contributed by atoms with Crippen molar-refractivity contribution >= 4 is 0 Å². The second kappa shape index (κ2) is 3.10. The molecule has 0 heterocycles. The molecular weight excluding hydrogens is 193 g/mol. The Labute approximate surface area is 63.4 Å². The van der Waals surface area contributed by atoms with Gasteiger partial charge < -0.3 is 0 Å². The quantitative estimate of drug-likeness (QED) is 0.610. The minimum absolute atomic E-state index is 0.0802. The van der Waals surface area contributed by atoms with Gasteiger partial charge in [0.05, 0.1) is 0 Å². The highest BCUT2D eigenvalue weighted by Gasteiger charge is 2.67. The molecule has 73 valence electrons. The Morgan fingerprint density at radius 3 is 1.50 bits per heavy atom. The summed E-state index contributed by atoms with van der Waals surface area (Å²) in [7, 11) is 0. The molecule has 0 aliphatic carbocycles. The first-order chi connectivity index (χ1) is 5.14. The highest BCUT2D eigenvalue weighted by Crippen LogP contribution is 2.45. The number of rotatable bonds is 3. The molecule has 0 rings (SSSR count). The first-order valence-corrected chi connectivity index (χ1v) is 2.72. The maximum atomic E-state index is 11.9. The lowest BCUT2D eigenvalue weighted by atomic mass is 10.1. The predicted molar refractivity (Wildman–Crippen MR) is 25.9 cm³/mol. The molecule has 0 spiro atoms. The fourth-order valence-electron chi connectivity index (χ4n) is 0.376. The average Bonchev–Trinajstić information content (AvgIpc) is 1.86. The molecule has 1 unspecified atom stereocenters. The van der Waals surface area contributed by atoms with Crippen LogP contribution in [0.15, 0.2) is 0 Å². The predicted octanol–water partition coefficient (Wildman–Crippen LogP) is 3.04. The Balaban J connectivity index is 4.75. The monoisotopic (exact) mass is 197 g/mol. The molecule has 0 saturated carbocycles. The molecule has 0 aromatic heterocycles. The van der Waals surface area contributed by atoms with Gasteiger partial charge in [0.2, 0.25) is 0 Å². The number of hydrogen-bond donors (Lipinski definition) is 0.